The van der Waals surface area contributed by atoms with Gasteiger partial charge >= 0.3 is 0 Å². The molecule has 0 unspecified atom stereocenters. The minimum absolute atomic E-state index is 0.366. The third-order valence-corrected chi connectivity index (χ3v) is 9.08. The van der Waals surface area contributed by atoms with E-state index in [4.69, 9.17) is 0 Å². The Morgan fingerprint density at radius 2 is 1.03 bits per heavy atom. The number of aromatic hydroxyl groups is 2. The summed E-state index contributed by atoms with van der Waals surface area (Å²) in [6, 6.07) is 15.6. The number of hydrogen-bond acceptors (Lipinski definition) is 4. The highest BCUT2D eigenvalue weighted by atomic mass is 16.3. The Labute approximate surface area is 177 Å². The van der Waals surface area contributed by atoms with Crippen molar-refractivity contribution in [3.8, 4) is 11.5 Å². The van der Waals surface area contributed by atoms with E-state index in [1.807, 2.05) is 24.3 Å². The number of anilines is 2. The molecule has 0 aromatic heterocycles. The van der Waals surface area contributed by atoms with Crippen LogP contribution in [0.4, 0.5) is 11.4 Å². The first-order chi connectivity index (χ1) is 14.7. The van der Waals surface area contributed by atoms with Crippen molar-refractivity contribution in [3.63, 3.8) is 0 Å². The number of nitrogens with zero attached hydrogens (tertiary/aromatic N) is 2. The fourth-order valence-electron chi connectivity index (χ4n) is 8.02. The predicted octanol–water partition coefficient (Wildman–Crippen LogP) is 3.96. The van der Waals surface area contributed by atoms with E-state index in [9.17, 15) is 10.2 Å². The molecule has 154 valence electrons. The highest BCUT2D eigenvalue weighted by Crippen LogP contribution is 2.67. The second kappa shape index (κ2) is 5.96. The first-order valence-electron chi connectivity index (χ1n) is 11.4. The molecule has 2 aliphatic heterocycles. The lowest BCUT2D eigenvalue weighted by Crippen LogP contribution is -2.61. The molecule has 2 bridgehead atoms. The van der Waals surface area contributed by atoms with Gasteiger partial charge in [0.1, 0.15) is 11.5 Å². The molecule has 6 aliphatic rings. The van der Waals surface area contributed by atoms with Crippen molar-refractivity contribution in [2.75, 3.05) is 36.0 Å². The summed E-state index contributed by atoms with van der Waals surface area (Å²) in [6.45, 7) is 4.52. The van der Waals surface area contributed by atoms with Crippen LogP contribution in [0.2, 0.25) is 0 Å². The van der Waals surface area contributed by atoms with Crippen LogP contribution in [0.5, 0.6) is 11.5 Å². The lowest BCUT2D eigenvalue weighted by Gasteiger charge is -2.63. The van der Waals surface area contributed by atoms with E-state index in [0.29, 0.717) is 23.3 Å². The molecule has 0 radical (unpaired) electrons. The number of phenols is 2. The van der Waals surface area contributed by atoms with Gasteiger partial charge in [-0.25, -0.2) is 0 Å². The van der Waals surface area contributed by atoms with E-state index < -0.39 is 0 Å². The summed E-state index contributed by atoms with van der Waals surface area (Å²) >= 11 is 0. The maximum absolute atomic E-state index is 9.93. The van der Waals surface area contributed by atoms with Crippen LogP contribution in [0.15, 0.2) is 60.7 Å². The Morgan fingerprint density at radius 1 is 0.600 bits per heavy atom. The van der Waals surface area contributed by atoms with E-state index >= 15 is 0 Å². The number of phenolic OH excluding ortho intramolecular Hbond substituents is 2. The van der Waals surface area contributed by atoms with Gasteiger partial charge in [0, 0.05) is 49.7 Å². The molecule has 2 aromatic rings. The van der Waals surface area contributed by atoms with Crippen molar-refractivity contribution in [1.29, 1.82) is 0 Å². The molecule has 2 saturated carbocycles. The molecule has 2 saturated heterocycles. The second-order valence-electron chi connectivity index (χ2n) is 10.2. The Kier molecular flexibility index (Phi) is 3.40. The molecule has 2 N–H and O–H groups in total. The summed E-state index contributed by atoms with van der Waals surface area (Å²) in [5.41, 5.74) is 2.35. The Balaban J connectivity index is 1.14. The van der Waals surface area contributed by atoms with Crippen molar-refractivity contribution in [1.82, 2.24) is 0 Å². The summed E-state index contributed by atoms with van der Waals surface area (Å²) in [7, 11) is 0. The number of hydrogen-bond donors (Lipinski definition) is 2. The van der Waals surface area contributed by atoms with Gasteiger partial charge in [-0.1, -0.05) is 24.3 Å². The zero-order valence-electron chi connectivity index (χ0n) is 17.0. The van der Waals surface area contributed by atoms with Crippen LogP contribution in [0.25, 0.3) is 0 Å². The first-order valence-corrected chi connectivity index (χ1v) is 11.4. The van der Waals surface area contributed by atoms with Gasteiger partial charge in [-0.15, -0.1) is 0 Å². The van der Waals surface area contributed by atoms with Gasteiger partial charge < -0.3 is 20.0 Å². The van der Waals surface area contributed by atoms with Crippen molar-refractivity contribution in [2.45, 2.75) is 0 Å². The van der Waals surface area contributed by atoms with Crippen LogP contribution in [0.3, 0.4) is 0 Å². The molecular weight excluding hydrogens is 372 g/mol. The van der Waals surface area contributed by atoms with Crippen LogP contribution in [0.1, 0.15) is 0 Å². The second-order valence-corrected chi connectivity index (χ2v) is 10.2. The van der Waals surface area contributed by atoms with Crippen LogP contribution in [-0.2, 0) is 0 Å². The summed E-state index contributed by atoms with van der Waals surface area (Å²) in [6.07, 6.45) is 5.12. The minimum Gasteiger partial charge on any atom is -0.508 e. The lowest BCUT2D eigenvalue weighted by atomic mass is 9.40. The quantitative estimate of drug-likeness (QED) is 0.749. The van der Waals surface area contributed by atoms with E-state index in [2.05, 4.69) is 34.1 Å². The fraction of sp³-hybridized carbons (Fsp3) is 0.462. The molecule has 4 fully saturated rings. The van der Waals surface area contributed by atoms with Gasteiger partial charge in [0.05, 0.1) is 0 Å². The minimum atomic E-state index is 0.366. The highest BCUT2D eigenvalue weighted by molar-refractivity contribution is 5.54. The number of allylic oxidation sites excluding steroid dienone is 2. The maximum atomic E-state index is 9.93. The molecule has 4 nitrogen and oxygen atoms in total. The monoisotopic (exact) mass is 400 g/mol. The molecular formula is C26H28N2O2. The Hall–Kier alpha value is -2.62. The number of benzene rings is 2. The maximum Gasteiger partial charge on any atom is 0.117 e. The van der Waals surface area contributed by atoms with Crippen molar-refractivity contribution < 1.29 is 10.2 Å². The van der Waals surface area contributed by atoms with E-state index in [1.165, 1.54) is 11.4 Å². The standard InChI is InChI=1S/C26H28N2O2/c29-17-5-1-3-15(9-17)27-11-21-19-7-8-20(22(21)12-27)26-24-14-28(13-23(24)25(19)26)16-4-2-6-18(30)10-16/h1-10,19-26,29-30H,11-14H2/t19-,20+,21-,22+,23-,24-,25+,26-/m1/s1. The van der Waals surface area contributed by atoms with Crippen LogP contribution < -0.4 is 9.80 Å². The first kappa shape index (κ1) is 17.1. The SMILES string of the molecule is Oc1cccc(N2C[C@@H]3[C@@H](C2)[C@@H]2[C@@H]4C=C[C@@H]([C@@H]5CN(c6cccc(O)c6)C[C@H]45)[C@H]32)c1. The molecule has 8 atom stereocenters. The van der Waals surface area contributed by atoms with Gasteiger partial charge in [0.2, 0.25) is 0 Å². The van der Waals surface area contributed by atoms with Crippen LogP contribution in [0, 0.1) is 47.3 Å². The van der Waals surface area contributed by atoms with Gasteiger partial charge in [0.25, 0.3) is 0 Å². The predicted molar refractivity (Wildman–Crippen MR) is 118 cm³/mol. The van der Waals surface area contributed by atoms with Gasteiger partial charge in [0.15, 0.2) is 0 Å². The largest absolute Gasteiger partial charge is 0.508 e. The lowest BCUT2D eigenvalue weighted by molar-refractivity contribution is -0.119. The summed E-state index contributed by atoms with van der Waals surface area (Å²) in [5, 5.41) is 19.8. The van der Waals surface area contributed by atoms with Gasteiger partial charge in [-0.2, -0.15) is 0 Å². The summed E-state index contributed by atoms with van der Waals surface area (Å²) in [4.78, 5) is 5.03. The Bertz CT molecular complexity index is 999. The average molecular weight is 401 g/mol. The van der Waals surface area contributed by atoms with Crippen molar-refractivity contribution in [3.05, 3.63) is 60.7 Å². The summed E-state index contributed by atoms with van der Waals surface area (Å²) < 4.78 is 0. The molecule has 0 amide bonds. The zero-order valence-corrected chi connectivity index (χ0v) is 17.0. The van der Waals surface area contributed by atoms with Gasteiger partial charge in [-0.3, -0.25) is 0 Å². The number of fused-ring (bicyclic) bond motifs is 1. The van der Waals surface area contributed by atoms with Crippen LogP contribution >= 0.6 is 0 Å². The average Bonchev–Trinajstić information content (AvgIpc) is 3.35. The molecule has 8 rings (SSSR count). The fourth-order valence-corrected chi connectivity index (χ4v) is 8.02. The van der Waals surface area contributed by atoms with E-state index in [-0.39, 0.29) is 0 Å². The Morgan fingerprint density at radius 3 is 1.47 bits per heavy atom. The third-order valence-electron chi connectivity index (χ3n) is 9.08. The smallest absolute Gasteiger partial charge is 0.117 e. The molecule has 2 heterocycles. The molecule has 2 aromatic carbocycles. The molecule has 4 heteroatoms. The van der Waals surface area contributed by atoms with E-state index in [1.54, 1.807) is 12.1 Å². The number of rotatable bonds is 2. The normalized spacial score (nSPS) is 40.1. The molecule has 4 aliphatic carbocycles. The van der Waals surface area contributed by atoms with Crippen LogP contribution in [-0.4, -0.2) is 36.4 Å². The highest BCUT2D eigenvalue weighted by Gasteiger charge is 2.66. The zero-order chi connectivity index (χ0) is 20.0. The third kappa shape index (κ3) is 2.22. The van der Waals surface area contributed by atoms with Crippen molar-refractivity contribution in [2.24, 2.45) is 47.3 Å². The van der Waals surface area contributed by atoms with Gasteiger partial charge in [-0.05, 0) is 71.6 Å². The topological polar surface area (TPSA) is 46.9 Å². The molecule has 0 spiro atoms. The summed E-state index contributed by atoms with van der Waals surface area (Å²) in [5.74, 6) is 6.90. The van der Waals surface area contributed by atoms with E-state index in [0.717, 1.165) is 61.7 Å². The molecule has 30 heavy (non-hydrogen) atoms. The van der Waals surface area contributed by atoms with Crippen molar-refractivity contribution >= 4 is 11.4 Å².